The molecule has 0 bridgehead atoms. The van der Waals surface area contributed by atoms with E-state index in [1.54, 1.807) is 11.3 Å². The molecule has 2 aliphatic rings. The van der Waals surface area contributed by atoms with Gasteiger partial charge in [0, 0.05) is 26.2 Å². The highest BCUT2D eigenvalue weighted by atomic mass is 32.1. The van der Waals surface area contributed by atoms with Crippen molar-refractivity contribution < 1.29 is 4.79 Å². The largest absolute Gasteiger partial charge is 0.342 e. The average Bonchev–Trinajstić information content (AvgIpc) is 3.35. The molecule has 3 nitrogen and oxygen atoms in total. The number of piperidine rings is 1. The lowest BCUT2D eigenvalue weighted by molar-refractivity contribution is -0.136. The van der Waals surface area contributed by atoms with Gasteiger partial charge < -0.3 is 4.90 Å². The number of hydrogen-bond acceptors (Lipinski definition) is 3. The molecular formula is C21H26N2OS. The number of carbonyl (C=O) groups excluding carboxylic acids is 1. The van der Waals surface area contributed by atoms with Crippen LogP contribution in [0.2, 0.25) is 0 Å². The first kappa shape index (κ1) is 16.8. The van der Waals surface area contributed by atoms with Gasteiger partial charge in [0.2, 0.25) is 5.91 Å². The minimum atomic E-state index is 0.201. The fraction of sp³-hybridized carbons (Fsp3) is 0.476. The molecule has 0 spiro atoms. The number of likely N-dealkylation sites (tertiary alicyclic amines) is 2. The molecule has 2 fully saturated rings. The highest BCUT2D eigenvalue weighted by Crippen LogP contribution is 2.25. The molecule has 1 aromatic carbocycles. The van der Waals surface area contributed by atoms with Crippen molar-refractivity contribution in [2.45, 2.75) is 32.2 Å². The molecule has 0 aliphatic carbocycles. The summed E-state index contributed by atoms with van der Waals surface area (Å²) in [7, 11) is 0. The molecule has 4 heteroatoms. The quantitative estimate of drug-likeness (QED) is 0.819. The smallest absolute Gasteiger partial charge is 0.226 e. The first-order valence-electron chi connectivity index (χ1n) is 9.42. The Kier molecular flexibility index (Phi) is 5.18. The SMILES string of the molecule is O=C(C1CCCN(Cc2cccc(-c3ccsc3)c2)C1)N1CCCC1. The Balaban J connectivity index is 1.40. The Bertz CT molecular complexity index is 706. The molecule has 1 atom stereocenters. The third-order valence-electron chi connectivity index (χ3n) is 5.46. The summed E-state index contributed by atoms with van der Waals surface area (Å²) in [6, 6.07) is 11.0. The summed E-state index contributed by atoms with van der Waals surface area (Å²) in [4.78, 5) is 17.3. The minimum Gasteiger partial charge on any atom is -0.342 e. The molecule has 2 aromatic rings. The highest BCUT2D eigenvalue weighted by Gasteiger charge is 2.30. The van der Waals surface area contributed by atoms with E-state index in [-0.39, 0.29) is 5.92 Å². The predicted molar refractivity (Wildman–Crippen MR) is 104 cm³/mol. The number of hydrogen-bond donors (Lipinski definition) is 0. The van der Waals surface area contributed by atoms with E-state index in [9.17, 15) is 4.79 Å². The standard InChI is InChI=1S/C21H26N2OS/c24-21(23-10-1-2-11-23)19-7-4-9-22(15-19)14-17-5-3-6-18(13-17)20-8-12-25-16-20/h3,5-6,8,12-13,16,19H,1-2,4,7,9-11,14-15H2. The van der Waals surface area contributed by atoms with Gasteiger partial charge in [-0.3, -0.25) is 9.69 Å². The second-order valence-corrected chi connectivity index (χ2v) is 8.10. The number of thiophene rings is 1. The summed E-state index contributed by atoms with van der Waals surface area (Å²) in [5.74, 6) is 0.598. The van der Waals surface area contributed by atoms with Gasteiger partial charge in [0.25, 0.3) is 0 Å². The fourth-order valence-corrected chi connectivity index (χ4v) is 4.80. The van der Waals surface area contributed by atoms with E-state index >= 15 is 0 Å². The van der Waals surface area contributed by atoms with Gasteiger partial charge in [-0.2, -0.15) is 11.3 Å². The van der Waals surface area contributed by atoms with Crippen molar-refractivity contribution >= 4 is 17.2 Å². The fourth-order valence-electron chi connectivity index (χ4n) is 4.13. The van der Waals surface area contributed by atoms with Crippen molar-refractivity contribution in [2.75, 3.05) is 26.2 Å². The molecule has 0 N–H and O–H groups in total. The molecule has 1 aromatic heterocycles. The van der Waals surface area contributed by atoms with Crippen LogP contribution < -0.4 is 0 Å². The van der Waals surface area contributed by atoms with E-state index in [1.807, 2.05) is 0 Å². The van der Waals surface area contributed by atoms with Crippen molar-refractivity contribution in [3.05, 3.63) is 46.7 Å². The Hall–Kier alpha value is -1.65. The van der Waals surface area contributed by atoms with E-state index < -0.39 is 0 Å². The molecule has 4 rings (SSSR count). The molecule has 1 unspecified atom stereocenters. The zero-order valence-electron chi connectivity index (χ0n) is 14.7. The number of rotatable bonds is 4. The van der Waals surface area contributed by atoms with Gasteiger partial charge in [0.05, 0.1) is 5.92 Å². The number of carbonyl (C=O) groups is 1. The normalized spacial score (nSPS) is 21.6. The van der Waals surface area contributed by atoms with Gasteiger partial charge in [-0.1, -0.05) is 18.2 Å². The zero-order chi connectivity index (χ0) is 17.1. The lowest BCUT2D eigenvalue weighted by atomic mass is 9.96. The van der Waals surface area contributed by atoms with E-state index in [4.69, 9.17) is 0 Å². The van der Waals surface area contributed by atoms with Crippen LogP contribution in [-0.4, -0.2) is 41.9 Å². The Morgan fingerprint density at radius 3 is 2.76 bits per heavy atom. The van der Waals surface area contributed by atoms with Crippen LogP contribution >= 0.6 is 11.3 Å². The summed E-state index contributed by atoms with van der Waals surface area (Å²) >= 11 is 1.74. The van der Waals surface area contributed by atoms with Gasteiger partial charge in [-0.05, 0) is 71.8 Å². The minimum absolute atomic E-state index is 0.201. The van der Waals surface area contributed by atoms with Crippen molar-refractivity contribution in [3.8, 4) is 11.1 Å². The van der Waals surface area contributed by atoms with Crippen LogP contribution in [0.4, 0.5) is 0 Å². The first-order chi connectivity index (χ1) is 12.3. The Labute approximate surface area is 154 Å². The van der Waals surface area contributed by atoms with E-state index in [2.05, 4.69) is 50.9 Å². The molecule has 1 amide bonds. The van der Waals surface area contributed by atoms with E-state index in [1.165, 1.54) is 29.5 Å². The van der Waals surface area contributed by atoms with Crippen LogP contribution in [0.15, 0.2) is 41.1 Å². The van der Waals surface area contributed by atoms with Gasteiger partial charge in [-0.25, -0.2) is 0 Å². The van der Waals surface area contributed by atoms with Crippen LogP contribution in [0.5, 0.6) is 0 Å². The number of nitrogens with zero attached hydrogens (tertiary/aromatic N) is 2. The van der Waals surface area contributed by atoms with Crippen LogP contribution in [0, 0.1) is 5.92 Å². The lowest BCUT2D eigenvalue weighted by Crippen LogP contribution is -2.43. The van der Waals surface area contributed by atoms with Gasteiger partial charge in [-0.15, -0.1) is 0 Å². The monoisotopic (exact) mass is 354 g/mol. The summed E-state index contributed by atoms with van der Waals surface area (Å²) in [5, 5.41) is 4.33. The van der Waals surface area contributed by atoms with Crippen molar-refractivity contribution in [1.82, 2.24) is 9.80 Å². The maximum Gasteiger partial charge on any atom is 0.226 e. The number of benzene rings is 1. The molecule has 2 aliphatic heterocycles. The van der Waals surface area contributed by atoms with Crippen LogP contribution in [0.3, 0.4) is 0 Å². The first-order valence-corrected chi connectivity index (χ1v) is 10.4. The molecule has 132 valence electrons. The highest BCUT2D eigenvalue weighted by molar-refractivity contribution is 7.08. The lowest BCUT2D eigenvalue weighted by Gasteiger charge is -2.34. The van der Waals surface area contributed by atoms with Crippen molar-refractivity contribution in [1.29, 1.82) is 0 Å². The molecule has 3 heterocycles. The second kappa shape index (κ2) is 7.71. The predicted octanol–water partition coefficient (Wildman–Crippen LogP) is 4.25. The van der Waals surface area contributed by atoms with Gasteiger partial charge >= 0.3 is 0 Å². The van der Waals surface area contributed by atoms with E-state index in [0.29, 0.717) is 5.91 Å². The van der Waals surface area contributed by atoms with Crippen LogP contribution in [0.1, 0.15) is 31.2 Å². The molecule has 0 saturated carbocycles. The second-order valence-electron chi connectivity index (χ2n) is 7.32. The van der Waals surface area contributed by atoms with Gasteiger partial charge in [0.1, 0.15) is 0 Å². The third-order valence-corrected chi connectivity index (χ3v) is 6.14. The summed E-state index contributed by atoms with van der Waals surface area (Å²) < 4.78 is 0. The van der Waals surface area contributed by atoms with E-state index in [0.717, 1.165) is 45.6 Å². The molecule has 25 heavy (non-hydrogen) atoms. The number of amides is 1. The third kappa shape index (κ3) is 3.96. The maximum atomic E-state index is 12.7. The van der Waals surface area contributed by atoms with Crippen molar-refractivity contribution in [3.63, 3.8) is 0 Å². The molecule has 2 saturated heterocycles. The Morgan fingerprint density at radius 1 is 1.08 bits per heavy atom. The summed E-state index contributed by atoms with van der Waals surface area (Å²) in [6.45, 7) is 4.91. The van der Waals surface area contributed by atoms with Gasteiger partial charge in [0.15, 0.2) is 0 Å². The zero-order valence-corrected chi connectivity index (χ0v) is 15.5. The molecule has 0 radical (unpaired) electrons. The Morgan fingerprint density at radius 2 is 1.96 bits per heavy atom. The van der Waals surface area contributed by atoms with Crippen LogP contribution in [0.25, 0.3) is 11.1 Å². The topological polar surface area (TPSA) is 23.6 Å². The maximum absolute atomic E-state index is 12.7. The molecular weight excluding hydrogens is 328 g/mol. The van der Waals surface area contributed by atoms with Crippen molar-refractivity contribution in [2.24, 2.45) is 5.92 Å². The summed E-state index contributed by atoms with van der Waals surface area (Å²) in [6.07, 6.45) is 4.55. The average molecular weight is 355 g/mol. The van der Waals surface area contributed by atoms with Crippen LogP contribution in [-0.2, 0) is 11.3 Å². The summed E-state index contributed by atoms with van der Waals surface area (Å²) in [5.41, 5.74) is 3.94.